The molecule has 0 aromatic heterocycles. The summed E-state index contributed by atoms with van der Waals surface area (Å²) >= 11 is 0. The van der Waals surface area contributed by atoms with E-state index in [1.54, 1.807) is 109 Å². The molecule has 71 heavy (non-hydrogen) atoms. The van der Waals surface area contributed by atoms with Crippen LogP contribution in [0.2, 0.25) is 0 Å². The molecule has 0 radical (unpaired) electrons. The number of esters is 6. The minimum atomic E-state index is -2.08. The molecule has 0 unspecified atom stereocenters. The van der Waals surface area contributed by atoms with E-state index in [0.717, 1.165) is 0 Å². The highest BCUT2D eigenvalue weighted by Gasteiger charge is 2.57. The van der Waals surface area contributed by atoms with Crippen molar-refractivity contribution in [2.24, 2.45) is 0 Å². The highest BCUT2D eigenvalue weighted by Crippen LogP contribution is 2.35. The third kappa shape index (κ3) is 12.4. The zero-order valence-corrected chi connectivity index (χ0v) is 37.5. The molecule has 2 fully saturated rings. The Balaban J connectivity index is 1.22. The first-order valence-electron chi connectivity index (χ1n) is 22.3. The number of aliphatic hydroxyl groups excluding tert-OH is 2. The summed E-state index contributed by atoms with van der Waals surface area (Å²) in [6, 6.07) is 46.5. The fraction of sp³-hybridized carbons (Fsp3) is 0.222. The maximum atomic E-state index is 14.1. The SMILES string of the molecule is O=C(OC[C@H]1O[C@@H](O[C@H]2[C@H](OC(=O)c3ccccc3)[C@H](OC(=O)c3ccccc3)[C@H](O)O[C@@H]2COC(=O)c2ccccc2)[C@@H](OC(=O)c2ccccc2)[C@@H](OC(=O)c2ccccc2)[C@@H]1O)c1ccccc1. The second-order valence-corrected chi connectivity index (χ2v) is 16.1. The Morgan fingerprint density at radius 3 is 1.04 bits per heavy atom. The third-order valence-electron chi connectivity index (χ3n) is 11.3. The predicted octanol–water partition coefficient (Wildman–Crippen LogP) is 5.79. The molecule has 0 bridgehead atoms. The molecule has 2 heterocycles. The quantitative estimate of drug-likeness (QED) is 0.0864. The molecule has 364 valence electrons. The zero-order chi connectivity index (χ0) is 49.7. The van der Waals surface area contributed by atoms with Gasteiger partial charge in [-0.2, -0.15) is 0 Å². The Morgan fingerprint density at radius 1 is 0.352 bits per heavy atom. The van der Waals surface area contributed by atoms with Gasteiger partial charge in [0.05, 0.1) is 33.4 Å². The lowest BCUT2D eigenvalue weighted by Gasteiger charge is -2.47. The zero-order valence-electron chi connectivity index (χ0n) is 37.5. The van der Waals surface area contributed by atoms with Crippen LogP contribution in [0.25, 0.3) is 0 Å². The van der Waals surface area contributed by atoms with Crippen LogP contribution in [0.3, 0.4) is 0 Å². The Hall–Kier alpha value is -8.06. The molecule has 2 N–H and O–H groups in total. The normalized spacial score (nSPS) is 23.7. The molecule has 17 heteroatoms. The maximum Gasteiger partial charge on any atom is 0.338 e. The van der Waals surface area contributed by atoms with Gasteiger partial charge in [-0.05, 0) is 72.8 Å². The molecular weight excluding hydrogens is 921 g/mol. The molecule has 2 saturated heterocycles. The summed E-state index contributed by atoms with van der Waals surface area (Å²) in [4.78, 5) is 82.5. The topological polar surface area (TPSA) is 226 Å². The van der Waals surface area contributed by atoms with Gasteiger partial charge in [-0.1, -0.05) is 109 Å². The van der Waals surface area contributed by atoms with Crippen molar-refractivity contribution in [3.8, 4) is 0 Å². The van der Waals surface area contributed by atoms with Crippen LogP contribution < -0.4 is 0 Å². The molecule has 2 aliphatic heterocycles. The first kappa shape index (κ1) is 49.4. The van der Waals surface area contributed by atoms with E-state index in [2.05, 4.69) is 0 Å². The standard InChI is InChI=1S/C54H46O17/c55-41-39(31-63-47(56)33-19-7-1-8-20-33)66-54(46(70-52(61)38-29-17-6-18-30-38)43(41)67-49(58)35-23-11-3-12-24-35)71-42-40(32-64-48(57)34-21-9-2-10-22-34)65-53(62)45(69-51(60)37-27-15-5-16-28-37)44(42)68-50(59)36-25-13-4-14-26-36/h1-30,39-46,53-55,62H,31-32H2/t39-,40-,41-,42-,43+,44+,45+,46+,53-,54+/m1/s1. The molecule has 17 nitrogen and oxygen atoms in total. The van der Waals surface area contributed by atoms with Crippen LogP contribution in [-0.2, 0) is 42.6 Å². The van der Waals surface area contributed by atoms with Crippen LogP contribution in [0.15, 0.2) is 182 Å². The van der Waals surface area contributed by atoms with E-state index in [9.17, 15) is 39.0 Å². The Labute approximate surface area is 406 Å². The summed E-state index contributed by atoms with van der Waals surface area (Å²) in [6.45, 7) is -1.42. The summed E-state index contributed by atoms with van der Waals surface area (Å²) < 4.78 is 54.3. The summed E-state index contributed by atoms with van der Waals surface area (Å²) in [5.41, 5.74) is 0.402. The number of hydrogen-bond donors (Lipinski definition) is 2. The van der Waals surface area contributed by atoms with Crippen LogP contribution in [0, 0.1) is 0 Å². The molecule has 0 aliphatic carbocycles. The van der Waals surface area contributed by atoms with Crippen LogP contribution in [0.4, 0.5) is 0 Å². The van der Waals surface area contributed by atoms with Crippen molar-refractivity contribution in [3.05, 3.63) is 215 Å². The number of hydrogen-bond acceptors (Lipinski definition) is 17. The maximum absolute atomic E-state index is 14.1. The monoisotopic (exact) mass is 966 g/mol. The van der Waals surface area contributed by atoms with Gasteiger partial charge in [0.1, 0.15) is 37.6 Å². The number of aliphatic hydroxyl groups is 2. The summed E-state index contributed by atoms with van der Waals surface area (Å²) in [5, 5.41) is 23.8. The first-order chi connectivity index (χ1) is 34.5. The van der Waals surface area contributed by atoms with Crippen molar-refractivity contribution in [1.82, 2.24) is 0 Å². The van der Waals surface area contributed by atoms with Crippen molar-refractivity contribution < 1.29 is 81.6 Å². The lowest BCUT2D eigenvalue weighted by molar-refractivity contribution is -0.352. The average molecular weight is 967 g/mol. The van der Waals surface area contributed by atoms with Gasteiger partial charge in [-0.25, -0.2) is 28.8 Å². The summed E-state index contributed by atoms with van der Waals surface area (Å²) in [6.07, 6.45) is -18.6. The Bertz CT molecular complexity index is 2730. The molecule has 6 aromatic carbocycles. The Morgan fingerprint density at radius 2 is 0.662 bits per heavy atom. The third-order valence-corrected chi connectivity index (χ3v) is 11.3. The second-order valence-electron chi connectivity index (χ2n) is 16.1. The van der Waals surface area contributed by atoms with Gasteiger partial charge in [-0.3, -0.25) is 0 Å². The first-order valence-corrected chi connectivity index (χ1v) is 22.3. The average Bonchev–Trinajstić information content (AvgIpc) is 3.42. The lowest BCUT2D eigenvalue weighted by atomic mass is 9.96. The van der Waals surface area contributed by atoms with Crippen molar-refractivity contribution in [1.29, 1.82) is 0 Å². The molecule has 10 atom stereocenters. The van der Waals surface area contributed by atoms with Crippen LogP contribution >= 0.6 is 0 Å². The number of ether oxygens (including phenoxy) is 9. The van der Waals surface area contributed by atoms with Crippen LogP contribution in [0.1, 0.15) is 62.1 Å². The highest BCUT2D eigenvalue weighted by molar-refractivity contribution is 5.92. The van der Waals surface area contributed by atoms with Gasteiger partial charge < -0.3 is 52.8 Å². The van der Waals surface area contributed by atoms with Gasteiger partial charge in [-0.15, -0.1) is 0 Å². The Kier molecular flexibility index (Phi) is 16.3. The molecule has 6 aromatic rings. The largest absolute Gasteiger partial charge is 0.459 e. The van der Waals surface area contributed by atoms with Crippen molar-refractivity contribution in [3.63, 3.8) is 0 Å². The van der Waals surface area contributed by atoms with Crippen molar-refractivity contribution in [2.45, 2.75) is 61.4 Å². The molecular formula is C54H46O17. The van der Waals surface area contributed by atoms with E-state index in [4.69, 9.17) is 42.6 Å². The molecule has 0 saturated carbocycles. The number of carbonyl (C=O) groups excluding carboxylic acids is 6. The van der Waals surface area contributed by atoms with E-state index < -0.39 is 110 Å². The number of benzene rings is 6. The van der Waals surface area contributed by atoms with Gasteiger partial charge in [0.25, 0.3) is 0 Å². The van der Waals surface area contributed by atoms with E-state index in [0.29, 0.717) is 0 Å². The molecule has 0 spiro atoms. The van der Waals surface area contributed by atoms with Gasteiger partial charge in [0.15, 0.2) is 37.0 Å². The molecule has 8 rings (SSSR count). The van der Waals surface area contributed by atoms with E-state index in [-0.39, 0.29) is 33.4 Å². The summed E-state index contributed by atoms with van der Waals surface area (Å²) in [5.74, 6) is -5.61. The fourth-order valence-corrected chi connectivity index (χ4v) is 7.70. The summed E-state index contributed by atoms with van der Waals surface area (Å²) in [7, 11) is 0. The molecule has 2 aliphatic rings. The highest BCUT2D eigenvalue weighted by atomic mass is 16.8. The van der Waals surface area contributed by atoms with Gasteiger partial charge in [0.2, 0.25) is 0 Å². The second kappa shape index (κ2) is 23.5. The van der Waals surface area contributed by atoms with Crippen molar-refractivity contribution in [2.75, 3.05) is 13.2 Å². The van der Waals surface area contributed by atoms with E-state index >= 15 is 0 Å². The smallest absolute Gasteiger partial charge is 0.338 e. The van der Waals surface area contributed by atoms with Crippen molar-refractivity contribution >= 4 is 35.8 Å². The fourth-order valence-electron chi connectivity index (χ4n) is 7.70. The minimum absolute atomic E-state index is 0.0187. The van der Waals surface area contributed by atoms with E-state index in [1.165, 1.54) is 72.8 Å². The van der Waals surface area contributed by atoms with Crippen LogP contribution in [0.5, 0.6) is 0 Å². The van der Waals surface area contributed by atoms with Gasteiger partial charge in [0, 0.05) is 0 Å². The van der Waals surface area contributed by atoms with Gasteiger partial charge >= 0.3 is 35.8 Å². The number of carbonyl (C=O) groups is 6. The molecule has 0 amide bonds. The lowest BCUT2D eigenvalue weighted by Crippen LogP contribution is -2.66. The predicted molar refractivity (Wildman–Crippen MR) is 246 cm³/mol. The van der Waals surface area contributed by atoms with Crippen LogP contribution in [-0.4, -0.2) is 121 Å². The van der Waals surface area contributed by atoms with E-state index in [1.807, 2.05) is 0 Å². The minimum Gasteiger partial charge on any atom is -0.459 e. The number of rotatable bonds is 16.